The molecule has 0 amide bonds. The highest BCUT2D eigenvalue weighted by atomic mass is 79.9. The largest absolute Gasteiger partial charge is 0.377 e. The molecule has 0 saturated carbocycles. The maximum Gasteiger partial charge on any atom is 0.0508 e. The lowest BCUT2D eigenvalue weighted by Crippen LogP contribution is -2.26. The van der Waals surface area contributed by atoms with Gasteiger partial charge in [-0.1, -0.05) is 6.07 Å². The number of anilines is 1. The maximum atomic E-state index is 3.60. The SMILES string of the molecule is CN(C)c1cc(C2CCNCC2)ccc1Br. The summed E-state index contributed by atoms with van der Waals surface area (Å²) in [6, 6.07) is 6.75. The first-order chi connectivity index (χ1) is 7.68. The average molecular weight is 283 g/mol. The van der Waals surface area contributed by atoms with Gasteiger partial charge in [0, 0.05) is 18.6 Å². The number of benzene rings is 1. The fourth-order valence-corrected chi connectivity index (χ4v) is 2.88. The predicted molar refractivity (Wildman–Crippen MR) is 73.3 cm³/mol. The number of rotatable bonds is 2. The summed E-state index contributed by atoms with van der Waals surface area (Å²) in [7, 11) is 4.18. The molecule has 0 spiro atoms. The van der Waals surface area contributed by atoms with Crippen molar-refractivity contribution < 1.29 is 0 Å². The highest BCUT2D eigenvalue weighted by molar-refractivity contribution is 9.10. The first-order valence-corrected chi connectivity index (χ1v) is 6.65. The van der Waals surface area contributed by atoms with Crippen molar-refractivity contribution in [1.82, 2.24) is 5.32 Å². The van der Waals surface area contributed by atoms with Gasteiger partial charge < -0.3 is 10.2 Å². The van der Waals surface area contributed by atoms with Gasteiger partial charge >= 0.3 is 0 Å². The van der Waals surface area contributed by atoms with E-state index in [1.165, 1.54) is 28.6 Å². The second kappa shape index (κ2) is 5.19. The molecule has 16 heavy (non-hydrogen) atoms. The number of halogens is 1. The standard InChI is InChI=1S/C13H19BrN2/c1-16(2)13-9-11(3-4-12(13)14)10-5-7-15-8-6-10/h3-4,9-10,15H,5-8H2,1-2H3. The Morgan fingerprint density at radius 1 is 1.25 bits per heavy atom. The zero-order valence-electron chi connectivity index (χ0n) is 9.96. The van der Waals surface area contributed by atoms with Gasteiger partial charge in [0.1, 0.15) is 0 Å². The van der Waals surface area contributed by atoms with Crippen LogP contribution in [0.4, 0.5) is 5.69 Å². The number of nitrogens with one attached hydrogen (secondary N) is 1. The molecule has 1 heterocycles. The summed E-state index contributed by atoms with van der Waals surface area (Å²) in [5, 5.41) is 3.41. The maximum absolute atomic E-state index is 3.60. The number of hydrogen-bond acceptors (Lipinski definition) is 2. The van der Waals surface area contributed by atoms with E-state index in [9.17, 15) is 0 Å². The third-order valence-electron chi connectivity index (χ3n) is 3.26. The van der Waals surface area contributed by atoms with Gasteiger partial charge in [0.05, 0.1) is 5.69 Å². The van der Waals surface area contributed by atoms with Crippen LogP contribution < -0.4 is 10.2 Å². The molecule has 1 saturated heterocycles. The molecule has 1 fully saturated rings. The van der Waals surface area contributed by atoms with Crippen LogP contribution in [0, 0.1) is 0 Å². The minimum Gasteiger partial charge on any atom is -0.377 e. The van der Waals surface area contributed by atoms with Crippen LogP contribution in [-0.2, 0) is 0 Å². The smallest absolute Gasteiger partial charge is 0.0508 e. The van der Waals surface area contributed by atoms with Crippen LogP contribution in [0.2, 0.25) is 0 Å². The van der Waals surface area contributed by atoms with Crippen molar-refractivity contribution in [3.8, 4) is 0 Å². The Balaban J connectivity index is 2.24. The lowest BCUT2D eigenvalue weighted by atomic mass is 9.90. The molecule has 2 rings (SSSR count). The zero-order valence-corrected chi connectivity index (χ0v) is 11.5. The van der Waals surface area contributed by atoms with Gasteiger partial charge in [-0.25, -0.2) is 0 Å². The molecule has 2 nitrogen and oxygen atoms in total. The number of hydrogen-bond donors (Lipinski definition) is 1. The van der Waals surface area contributed by atoms with E-state index in [4.69, 9.17) is 0 Å². The molecule has 3 heteroatoms. The summed E-state index contributed by atoms with van der Waals surface area (Å²) < 4.78 is 1.18. The molecular weight excluding hydrogens is 264 g/mol. The highest BCUT2D eigenvalue weighted by Gasteiger charge is 2.16. The van der Waals surface area contributed by atoms with E-state index >= 15 is 0 Å². The second-order valence-corrected chi connectivity index (χ2v) is 5.48. The van der Waals surface area contributed by atoms with Gasteiger partial charge in [0.2, 0.25) is 0 Å². The lowest BCUT2D eigenvalue weighted by Gasteiger charge is -2.24. The summed E-state index contributed by atoms with van der Waals surface area (Å²) in [5.41, 5.74) is 2.75. The van der Waals surface area contributed by atoms with Crippen molar-refractivity contribution in [3.05, 3.63) is 28.2 Å². The summed E-state index contributed by atoms with van der Waals surface area (Å²) >= 11 is 3.60. The quantitative estimate of drug-likeness (QED) is 0.897. The topological polar surface area (TPSA) is 15.3 Å². The Morgan fingerprint density at radius 3 is 2.56 bits per heavy atom. The fourth-order valence-electron chi connectivity index (χ4n) is 2.28. The molecule has 1 N–H and O–H groups in total. The molecule has 0 unspecified atom stereocenters. The molecular formula is C13H19BrN2. The van der Waals surface area contributed by atoms with Gasteiger partial charge in [-0.2, -0.15) is 0 Å². The van der Waals surface area contributed by atoms with Crippen LogP contribution >= 0.6 is 15.9 Å². The van der Waals surface area contributed by atoms with E-state index in [0.29, 0.717) is 0 Å². The molecule has 0 atom stereocenters. The normalized spacial score (nSPS) is 17.4. The van der Waals surface area contributed by atoms with Gasteiger partial charge in [0.25, 0.3) is 0 Å². The Morgan fingerprint density at radius 2 is 1.94 bits per heavy atom. The Kier molecular flexibility index (Phi) is 3.87. The number of nitrogens with zero attached hydrogens (tertiary/aromatic N) is 1. The van der Waals surface area contributed by atoms with Crippen LogP contribution in [0.25, 0.3) is 0 Å². The van der Waals surface area contributed by atoms with Crippen LogP contribution in [0.1, 0.15) is 24.3 Å². The average Bonchev–Trinajstić information content (AvgIpc) is 2.30. The Labute approximate surface area is 106 Å². The summed E-state index contributed by atoms with van der Waals surface area (Å²) in [4.78, 5) is 2.16. The van der Waals surface area contributed by atoms with Gasteiger partial charge in [-0.05, 0) is 65.5 Å². The zero-order chi connectivity index (χ0) is 11.5. The van der Waals surface area contributed by atoms with Crippen molar-refractivity contribution >= 4 is 21.6 Å². The van der Waals surface area contributed by atoms with E-state index in [0.717, 1.165) is 19.0 Å². The molecule has 1 aliphatic heterocycles. The molecule has 88 valence electrons. The van der Waals surface area contributed by atoms with E-state index in [-0.39, 0.29) is 0 Å². The number of piperidine rings is 1. The summed E-state index contributed by atoms with van der Waals surface area (Å²) in [6.07, 6.45) is 2.52. The van der Waals surface area contributed by atoms with Gasteiger partial charge in [0.15, 0.2) is 0 Å². The van der Waals surface area contributed by atoms with E-state index in [2.05, 4.69) is 58.4 Å². The first kappa shape index (κ1) is 11.9. The molecule has 0 bridgehead atoms. The molecule has 0 aliphatic carbocycles. The van der Waals surface area contributed by atoms with E-state index in [1.807, 2.05) is 0 Å². The van der Waals surface area contributed by atoms with Crippen molar-refractivity contribution in [1.29, 1.82) is 0 Å². The van der Waals surface area contributed by atoms with Crippen molar-refractivity contribution in [2.24, 2.45) is 0 Å². The van der Waals surface area contributed by atoms with E-state index < -0.39 is 0 Å². The van der Waals surface area contributed by atoms with Crippen molar-refractivity contribution in [2.45, 2.75) is 18.8 Å². The van der Waals surface area contributed by atoms with Crippen LogP contribution in [-0.4, -0.2) is 27.2 Å². The lowest BCUT2D eigenvalue weighted by molar-refractivity contribution is 0.460. The fraction of sp³-hybridized carbons (Fsp3) is 0.538. The molecule has 1 aromatic carbocycles. The molecule has 1 aliphatic rings. The molecule has 0 aromatic heterocycles. The Bertz CT molecular complexity index is 357. The van der Waals surface area contributed by atoms with Gasteiger partial charge in [-0.15, -0.1) is 0 Å². The van der Waals surface area contributed by atoms with Gasteiger partial charge in [-0.3, -0.25) is 0 Å². The minimum absolute atomic E-state index is 0.730. The third-order valence-corrected chi connectivity index (χ3v) is 3.93. The predicted octanol–water partition coefficient (Wildman–Crippen LogP) is 2.98. The summed E-state index contributed by atoms with van der Waals surface area (Å²) in [5.74, 6) is 0.730. The highest BCUT2D eigenvalue weighted by Crippen LogP contribution is 2.32. The van der Waals surface area contributed by atoms with Crippen molar-refractivity contribution in [2.75, 3.05) is 32.1 Å². The molecule has 0 radical (unpaired) electrons. The van der Waals surface area contributed by atoms with E-state index in [1.54, 1.807) is 0 Å². The van der Waals surface area contributed by atoms with Crippen LogP contribution in [0.15, 0.2) is 22.7 Å². The third kappa shape index (κ3) is 2.58. The second-order valence-electron chi connectivity index (χ2n) is 4.63. The van der Waals surface area contributed by atoms with Crippen LogP contribution in [0.5, 0.6) is 0 Å². The monoisotopic (exact) mass is 282 g/mol. The minimum atomic E-state index is 0.730. The molecule has 1 aromatic rings. The summed E-state index contributed by atoms with van der Waals surface area (Å²) in [6.45, 7) is 2.30. The first-order valence-electron chi connectivity index (χ1n) is 5.86. The Hall–Kier alpha value is -0.540. The van der Waals surface area contributed by atoms with Crippen molar-refractivity contribution in [3.63, 3.8) is 0 Å². The van der Waals surface area contributed by atoms with Crippen LogP contribution in [0.3, 0.4) is 0 Å².